The molecular formula is C18H26N2O3S. The van der Waals surface area contributed by atoms with E-state index in [1.807, 2.05) is 52.0 Å². The van der Waals surface area contributed by atoms with E-state index in [1.165, 1.54) is 5.37 Å². The van der Waals surface area contributed by atoms with Crippen LogP contribution in [0.25, 0.3) is 0 Å². The van der Waals surface area contributed by atoms with E-state index in [0.29, 0.717) is 19.7 Å². The lowest BCUT2D eigenvalue weighted by molar-refractivity contribution is 0.0252. The molecule has 0 atom stereocenters. The molecule has 0 saturated heterocycles. The van der Waals surface area contributed by atoms with Gasteiger partial charge in [0.1, 0.15) is 11.4 Å². The molecule has 0 unspecified atom stereocenters. The van der Waals surface area contributed by atoms with Crippen LogP contribution in [0.3, 0.4) is 0 Å². The third-order valence-electron chi connectivity index (χ3n) is 3.00. The Morgan fingerprint density at radius 3 is 2.50 bits per heavy atom. The average Bonchev–Trinajstić information content (AvgIpc) is 2.52. The molecule has 1 aromatic carbocycles. The third kappa shape index (κ3) is 8.06. The number of aliphatic imine (C=N–C) groups is 1. The summed E-state index contributed by atoms with van der Waals surface area (Å²) in [5.74, 6) is 0.775. The van der Waals surface area contributed by atoms with Crippen molar-refractivity contribution in [3.8, 4) is 5.75 Å². The minimum atomic E-state index is -0.478. The number of carbonyl (C=O) groups excluding carboxylic acids is 1. The first-order chi connectivity index (χ1) is 11.4. The second-order valence-electron chi connectivity index (χ2n) is 6.17. The molecule has 0 radical (unpaired) electrons. The van der Waals surface area contributed by atoms with Crippen LogP contribution in [0.5, 0.6) is 5.75 Å². The minimum Gasteiger partial charge on any atom is -0.494 e. The second kappa shape index (κ2) is 10.0. The number of ether oxygens (including phenoxy) is 2. The van der Waals surface area contributed by atoms with Crippen molar-refractivity contribution >= 4 is 35.6 Å². The summed E-state index contributed by atoms with van der Waals surface area (Å²) in [5.41, 5.74) is 0.347. The molecular weight excluding hydrogens is 324 g/mol. The second-order valence-corrected chi connectivity index (χ2v) is 6.44. The minimum absolute atomic E-state index is 0.286. The molecule has 0 spiro atoms. The topological polar surface area (TPSA) is 51.1 Å². The normalized spacial score (nSPS) is 11.3. The fourth-order valence-corrected chi connectivity index (χ4v) is 1.96. The Labute approximate surface area is 149 Å². The first-order valence-corrected chi connectivity index (χ1v) is 8.51. The van der Waals surface area contributed by atoms with Crippen molar-refractivity contribution in [3.63, 3.8) is 0 Å². The standard InChI is InChI=1S/C18H26N2O3S/c1-5-20(17(21)23-18(2,3)4)12-6-13-22-16-9-7-15(8-10-16)19-11-14-24/h7-11,14H,5-6,12-13H2,1-4H3. The number of nitrogens with zero attached hydrogens (tertiary/aromatic N) is 2. The maximum Gasteiger partial charge on any atom is 0.410 e. The Balaban J connectivity index is 2.37. The molecule has 1 rings (SSSR count). The van der Waals surface area contributed by atoms with E-state index in [9.17, 15) is 4.79 Å². The molecule has 1 amide bonds. The van der Waals surface area contributed by atoms with Crippen LogP contribution in [0.2, 0.25) is 0 Å². The van der Waals surface area contributed by atoms with Crippen LogP contribution >= 0.6 is 12.2 Å². The van der Waals surface area contributed by atoms with Crippen LogP contribution in [0.4, 0.5) is 10.5 Å². The predicted octanol–water partition coefficient (Wildman–Crippen LogP) is 4.41. The number of benzene rings is 1. The molecule has 5 nitrogen and oxygen atoms in total. The molecule has 0 aliphatic rings. The number of amides is 1. The highest BCUT2D eigenvalue weighted by atomic mass is 32.1. The fraction of sp³-hybridized carbons (Fsp3) is 0.500. The molecule has 0 N–H and O–H groups in total. The molecule has 0 aliphatic heterocycles. The summed E-state index contributed by atoms with van der Waals surface area (Å²) < 4.78 is 11.1. The van der Waals surface area contributed by atoms with Gasteiger partial charge in [0.15, 0.2) is 0 Å². The van der Waals surface area contributed by atoms with Crippen molar-refractivity contribution in [1.82, 2.24) is 4.90 Å². The number of thiocarbonyl (C=S) groups is 1. The highest BCUT2D eigenvalue weighted by molar-refractivity contribution is 7.80. The van der Waals surface area contributed by atoms with Gasteiger partial charge in [0.25, 0.3) is 0 Å². The summed E-state index contributed by atoms with van der Waals surface area (Å²) in [6.07, 6.45) is 2.02. The maximum atomic E-state index is 12.0. The van der Waals surface area contributed by atoms with Crippen LogP contribution in [0.15, 0.2) is 29.3 Å². The highest BCUT2D eigenvalue weighted by Gasteiger charge is 2.20. The molecule has 0 saturated carbocycles. The Bertz CT molecular complexity index is 550. The smallest absolute Gasteiger partial charge is 0.410 e. The predicted molar refractivity (Wildman–Crippen MR) is 102 cm³/mol. The van der Waals surface area contributed by atoms with Crippen LogP contribution in [-0.2, 0) is 4.74 Å². The van der Waals surface area contributed by atoms with Gasteiger partial charge in [0.2, 0.25) is 0 Å². The van der Waals surface area contributed by atoms with Crippen LogP contribution < -0.4 is 4.74 Å². The molecule has 0 bridgehead atoms. The molecule has 6 heteroatoms. The van der Waals surface area contributed by atoms with Crippen molar-refractivity contribution in [2.45, 2.75) is 39.7 Å². The van der Waals surface area contributed by atoms with Gasteiger partial charge in [0, 0.05) is 24.7 Å². The van der Waals surface area contributed by atoms with Gasteiger partial charge in [-0.05, 0) is 58.4 Å². The summed E-state index contributed by atoms with van der Waals surface area (Å²) >= 11 is 4.69. The number of rotatable bonds is 8. The molecule has 0 fully saturated rings. The number of hydrogen-bond donors (Lipinski definition) is 0. The summed E-state index contributed by atoms with van der Waals surface area (Å²) in [6.45, 7) is 9.27. The molecule has 132 valence electrons. The Morgan fingerprint density at radius 1 is 1.29 bits per heavy atom. The lowest BCUT2D eigenvalue weighted by atomic mass is 10.2. The maximum absolute atomic E-state index is 12.0. The summed E-state index contributed by atoms with van der Waals surface area (Å²) in [4.78, 5) is 17.8. The zero-order valence-electron chi connectivity index (χ0n) is 14.8. The number of hydrogen-bond acceptors (Lipinski definition) is 5. The molecule has 0 heterocycles. The number of carbonyl (C=O) groups is 1. The SMILES string of the molecule is CCN(CCCOc1ccc(N=CC=S)cc1)C(=O)OC(C)(C)C. The molecule has 24 heavy (non-hydrogen) atoms. The highest BCUT2D eigenvalue weighted by Crippen LogP contribution is 2.18. The quantitative estimate of drug-likeness (QED) is 0.396. The van der Waals surface area contributed by atoms with E-state index < -0.39 is 5.60 Å². The van der Waals surface area contributed by atoms with Gasteiger partial charge >= 0.3 is 6.09 Å². The van der Waals surface area contributed by atoms with Gasteiger partial charge in [0.05, 0.1) is 12.3 Å². The van der Waals surface area contributed by atoms with Crippen LogP contribution in [0, 0.1) is 0 Å². The average molecular weight is 350 g/mol. The molecule has 0 aliphatic carbocycles. The van der Waals surface area contributed by atoms with E-state index in [1.54, 1.807) is 11.1 Å². The van der Waals surface area contributed by atoms with Crippen molar-refractivity contribution in [3.05, 3.63) is 24.3 Å². The van der Waals surface area contributed by atoms with Gasteiger partial charge in [-0.15, -0.1) is 0 Å². The van der Waals surface area contributed by atoms with Gasteiger partial charge in [-0.2, -0.15) is 0 Å². The van der Waals surface area contributed by atoms with E-state index in [0.717, 1.165) is 17.9 Å². The monoisotopic (exact) mass is 350 g/mol. The van der Waals surface area contributed by atoms with Crippen molar-refractivity contribution in [1.29, 1.82) is 0 Å². The lowest BCUT2D eigenvalue weighted by Gasteiger charge is -2.26. The van der Waals surface area contributed by atoms with Crippen LogP contribution in [0.1, 0.15) is 34.1 Å². The van der Waals surface area contributed by atoms with E-state index in [-0.39, 0.29) is 6.09 Å². The van der Waals surface area contributed by atoms with E-state index in [2.05, 4.69) is 17.2 Å². The van der Waals surface area contributed by atoms with Gasteiger partial charge < -0.3 is 14.4 Å². The zero-order valence-corrected chi connectivity index (χ0v) is 15.6. The van der Waals surface area contributed by atoms with Crippen LogP contribution in [-0.4, -0.2) is 47.9 Å². The van der Waals surface area contributed by atoms with Gasteiger partial charge in [-0.25, -0.2) is 4.79 Å². The Morgan fingerprint density at radius 2 is 1.96 bits per heavy atom. The molecule has 0 aromatic heterocycles. The zero-order chi connectivity index (χ0) is 18.0. The first-order valence-electron chi connectivity index (χ1n) is 8.04. The third-order valence-corrected chi connectivity index (χ3v) is 3.12. The Kier molecular flexibility index (Phi) is 8.40. The van der Waals surface area contributed by atoms with Crippen molar-refractivity contribution < 1.29 is 14.3 Å². The van der Waals surface area contributed by atoms with Crippen molar-refractivity contribution in [2.24, 2.45) is 4.99 Å². The lowest BCUT2D eigenvalue weighted by Crippen LogP contribution is -2.37. The van der Waals surface area contributed by atoms with E-state index >= 15 is 0 Å². The summed E-state index contributed by atoms with van der Waals surface area (Å²) in [7, 11) is 0. The van der Waals surface area contributed by atoms with E-state index in [4.69, 9.17) is 9.47 Å². The summed E-state index contributed by atoms with van der Waals surface area (Å²) in [5, 5.41) is 1.47. The van der Waals surface area contributed by atoms with Gasteiger partial charge in [-0.1, -0.05) is 12.2 Å². The fourth-order valence-electron chi connectivity index (χ4n) is 1.90. The largest absolute Gasteiger partial charge is 0.494 e. The Hall–Kier alpha value is -1.95. The molecule has 1 aromatic rings. The first kappa shape index (κ1) is 20.1. The van der Waals surface area contributed by atoms with Gasteiger partial charge in [-0.3, -0.25) is 4.99 Å². The van der Waals surface area contributed by atoms with Crippen molar-refractivity contribution in [2.75, 3.05) is 19.7 Å². The summed E-state index contributed by atoms with van der Waals surface area (Å²) in [6, 6.07) is 7.45.